The van der Waals surface area contributed by atoms with Crippen molar-refractivity contribution < 1.29 is 8.78 Å². The van der Waals surface area contributed by atoms with Crippen LogP contribution in [0, 0.1) is 18.6 Å². The molecule has 102 valence electrons. The van der Waals surface area contributed by atoms with Gasteiger partial charge in [0.1, 0.15) is 11.5 Å². The minimum absolute atomic E-state index is 0.0209. The Kier molecular flexibility index (Phi) is 2.89. The molecule has 0 aliphatic rings. The third kappa shape index (κ3) is 2.01. The van der Waals surface area contributed by atoms with Crippen molar-refractivity contribution in [3.63, 3.8) is 0 Å². The van der Waals surface area contributed by atoms with Crippen LogP contribution in [-0.4, -0.2) is 9.97 Å². The lowest BCUT2D eigenvalue weighted by Gasteiger charge is -2.06. The van der Waals surface area contributed by atoms with E-state index in [2.05, 4.69) is 9.97 Å². The van der Waals surface area contributed by atoms with E-state index < -0.39 is 11.6 Å². The second kappa shape index (κ2) is 4.59. The van der Waals surface area contributed by atoms with Gasteiger partial charge in [-0.3, -0.25) is 0 Å². The van der Waals surface area contributed by atoms with Crippen LogP contribution in [0.4, 0.5) is 14.5 Å². The van der Waals surface area contributed by atoms with E-state index in [0.717, 1.165) is 16.5 Å². The van der Waals surface area contributed by atoms with E-state index >= 15 is 0 Å². The number of nitrogens with two attached hydrogens (primary N) is 1. The van der Waals surface area contributed by atoms with Crippen molar-refractivity contribution in [3.8, 4) is 0 Å². The summed E-state index contributed by atoms with van der Waals surface area (Å²) in [5.41, 5.74) is 7.91. The lowest BCUT2D eigenvalue weighted by atomic mass is 10.0. The number of nitrogens with one attached hydrogen (secondary N) is 1. The Morgan fingerprint density at radius 3 is 2.90 bits per heavy atom. The quantitative estimate of drug-likeness (QED) is 0.704. The van der Waals surface area contributed by atoms with Crippen LogP contribution in [0.2, 0.25) is 0 Å². The number of fused-ring (bicyclic) bond motifs is 1. The zero-order chi connectivity index (χ0) is 14.3. The summed E-state index contributed by atoms with van der Waals surface area (Å²) in [6.07, 6.45) is 3.59. The van der Waals surface area contributed by atoms with Crippen molar-refractivity contribution in [1.29, 1.82) is 0 Å². The Labute approximate surface area is 114 Å². The number of halogens is 2. The third-order valence-electron chi connectivity index (χ3n) is 3.34. The van der Waals surface area contributed by atoms with E-state index in [1.54, 1.807) is 12.4 Å². The van der Waals surface area contributed by atoms with Crippen LogP contribution in [0.25, 0.3) is 11.0 Å². The molecule has 1 aromatic carbocycles. The maximum Gasteiger partial charge on any atom is 0.152 e. The number of H-pyrrole nitrogens is 1. The Balaban J connectivity index is 2.10. The number of pyridine rings is 1. The molecule has 0 aliphatic heterocycles. The Bertz CT molecular complexity index is 793. The molecule has 0 fully saturated rings. The van der Waals surface area contributed by atoms with Gasteiger partial charge in [0.15, 0.2) is 5.82 Å². The van der Waals surface area contributed by atoms with Gasteiger partial charge in [0.2, 0.25) is 0 Å². The largest absolute Gasteiger partial charge is 0.396 e. The summed E-state index contributed by atoms with van der Waals surface area (Å²) in [5, 5.41) is 0.867. The monoisotopic (exact) mass is 273 g/mol. The maximum absolute atomic E-state index is 13.9. The van der Waals surface area contributed by atoms with Crippen LogP contribution in [0.5, 0.6) is 0 Å². The number of benzene rings is 1. The molecule has 3 rings (SSSR count). The van der Waals surface area contributed by atoms with E-state index in [9.17, 15) is 8.78 Å². The molecule has 3 N–H and O–H groups in total. The van der Waals surface area contributed by atoms with Gasteiger partial charge in [-0.25, -0.2) is 13.8 Å². The minimum atomic E-state index is -0.694. The number of nitrogen functional groups attached to an aromatic ring is 1. The summed E-state index contributed by atoms with van der Waals surface area (Å²) in [6, 6.07) is 4.36. The van der Waals surface area contributed by atoms with Crippen LogP contribution in [0.1, 0.15) is 16.7 Å². The molecule has 3 nitrogen and oxygen atoms in total. The molecule has 0 radical (unpaired) electrons. The first-order chi connectivity index (χ1) is 9.56. The van der Waals surface area contributed by atoms with E-state index in [0.29, 0.717) is 5.65 Å². The number of hydrogen-bond acceptors (Lipinski definition) is 2. The highest BCUT2D eigenvalue weighted by Gasteiger charge is 2.15. The predicted molar refractivity (Wildman–Crippen MR) is 74.4 cm³/mol. The fourth-order valence-corrected chi connectivity index (χ4v) is 2.28. The molecule has 2 aromatic heterocycles. The van der Waals surface area contributed by atoms with Gasteiger partial charge in [-0.15, -0.1) is 0 Å². The first-order valence-corrected chi connectivity index (χ1v) is 6.21. The van der Waals surface area contributed by atoms with Gasteiger partial charge < -0.3 is 10.7 Å². The molecule has 0 bridgehead atoms. The van der Waals surface area contributed by atoms with Gasteiger partial charge in [-0.2, -0.15) is 0 Å². The van der Waals surface area contributed by atoms with Crippen molar-refractivity contribution in [2.75, 3.05) is 5.73 Å². The van der Waals surface area contributed by atoms with Gasteiger partial charge in [-0.05, 0) is 36.2 Å². The lowest BCUT2D eigenvalue weighted by Crippen LogP contribution is -2.01. The number of aryl methyl sites for hydroxylation is 1. The lowest BCUT2D eigenvalue weighted by molar-refractivity contribution is 0.564. The van der Waals surface area contributed by atoms with Crippen LogP contribution in [0.3, 0.4) is 0 Å². The van der Waals surface area contributed by atoms with Gasteiger partial charge >= 0.3 is 0 Å². The minimum Gasteiger partial charge on any atom is -0.396 e. The molecule has 0 amide bonds. The predicted octanol–water partition coefficient (Wildman–Crippen LogP) is 3.32. The fraction of sp³-hybridized carbons (Fsp3) is 0.133. The molecule has 2 heterocycles. The van der Waals surface area contributed by atoms with Gasteiger partial charge in [0.05, 0.1) is 5.69 Å². The van der Waals surface area contributed by atoms with Crippen LogP contribution in [0.15, 0.2) is 30.6 Å². The fourth-order valence-electron chi connectivity index (χ4n) is 2.28. The van der Waals surface area contributed by atoms with Crippen molar-refractivity contribution >= 4 is 16.7 Å². The second-order valence-electron chi connectivity index (χ2n) is 4.83. The zero-order valence-corrected chi connectivity index (χ0v) is 10.9. The summed E-state index contributed by atoms with van der Waals surface area (Å²) in [7, 11) is 0. The number of rotatable bonds is 2. The SMILES string of the molecule is Cc1cnc2[nH]cc(Cc3c(F)ccc(N)c3F)c2c1. The molecular formula is C15H13F2N3. The molecule has 0 aliphatic carbocycles. The topological polar surface area (TPSA) is 54.7 Å². The van der Waals surface area contributed by atoms with Crippen LogP contribution in [-0.2, 0) is 6.42 Å². The van der Waals surface area contributed by atoms with Crippen molar-refractivity contribution in [2.45, 2.75) is 13.3 Å². The Morgan fingerprint density at radius 2 is 2.10 bits per heavy atom. The first kappa shape index (κ1) is 12.6. The first-order valence-electron chi connectivity index (χ1n) is 6.21. The summed E-state index contributed by atoms with van der Waals surface area (Å²) >= 11 is 0. The van der Waals surface area contributed by atoms with Crippen LogP contribution < -0.4 is 5.73 Å². The average Bonchev–Trinajstić information content (AvgIpc) is 2.81. The summed E-state index contributed by atoms with van der Waals surface area (Å²) in [6.45, 7) is 1.92. The number of nitrogens with zero attached hydrogens (tertiary/aromatic N) is 1. The van der Waals surface area contributed by atoms with E-state index in [1.807, 2.05) is 13.0 Å². The maximum atomic E-state index is 13.9. The third-order valence-corrected chi connectivity index (χ3v) is 3.34. The van der Waals surface area contributed by atoms with Crippen molar-refractivity contribution in [1.82, 2.24) is 9.97 Å². The number of anilines is 1. The summed E-state index contributed by atoms with van der Waals surface area (Å²) in [4.78, 5) is 7.24. The smallest absolute Gasteiger partial charge is 0.152 e. The van der Waals surface area contributed by atoms with Gasteiger partial charge in [0, 0.05) is 29.8 Å². The number of hydrogen-bond donors (Lipinski definition) is 2. The second-order valence-corrected chi connectivity index (χ2v) is 4.83. The number of aromatic nitrogens is 2. The molecular weight excluding hydrogens is 260 g/mol. The zero-order valence-electron chi connectivity index (χ0n) is 10.9. The van der Waals surface area contributed by atoms with Gasteiger partial charge in [0.25, 0.3) is 0 Å². The molecule has 5 heteroatoms. The normalized spacial score (nSPS) is 11.2. The van der Waals surface area contributed by atoms with Gasteiger partial charge in [-0.1, -0.05) is 0 Å². The summed E-state index contributed by atoms with van der Waals surface area (Å²) in [5.74, 6) is -1.29. The number of aromatic amines is 1. The van der Waals surface area contributed by atoms with E-state index in [-0.39, 0.29) is 17.7 Å². The Morgan fingerprint density at radius 1 is 1.30 bits per heavy atom. The highest BCUT2D eigenvalue weighted by Crippen LogP contribution is 2.25. The molecule has 0 saturated carbocycles. The molecule has 0 saturated heterocycles. The summed E-state index contributed by atoms with van der Waals surface area (Å²) < 4.78 is 27.7. The highest BCUT2D eigenvalue weighted by atomic mass is 19.1. The molecule has 0 unspecified atom stereocenters. The Hall–Kier alpha value is -2.43. The average molecular weight is 273 g/mol. The highest BCUT2D eigenvalue weighted by molar-refractivity contribution is 5.80. The van der Waals surface area contributed by atoms with E-state index in [4.69, 9.17) is 5.73 Å². The van der Waals surface area contributed by atoms with Crippen LogP contribution >= 0.6 is 0 Å². The standard InChI is InChI=1S/C15H13F2N3/c1-8-4-10-9(7-20-15(10)19-6-8)5-11-12(16)2-3-13(18)14(11)17/h2-4,6-7H,5,18H2,1H3,(H,19,20). The molecule has 0 atom stereocenters. The van der Waals surface area contributed by atoms with Crippen molar-refractivity contribution in [2.24, 2.45) is 0 Å². The molecule has 20 heavy (non-hydrogen) atoms. The van der Waals surface area contributed by atoms with E-state index in [1.165, 1.54) is 12.1 Å². The molecule has 0 spiro atoms. The van der Waals surface area contributed by atoms with Crippen molar-refractivity contribution in [3.05, 3.63) is 58.9 Å². The molecule has 3 aromatic rings.